The van der Waals surface area contributed by atoms with E-state index in [-0.39, 0.29) is 24.6 Å². The van der Waals surface area contributed by atoms with E-state index in [2.05, 4.69) is 10.6 Å². The van der Waals surface area contributed by atoms with E-state index >= 15 is 0 Å². The number of likely N-dealkylation sites (N-methyl/N-ethyl adjacent to an activating group) is 1. The van der Waals surface area contributed by atoms with Crippen LogP contribution in [0.2, 0.25) is 0 Å². The highest BCUT2D eigenvalue weighted by molar-refractivity contribution is 8.01. The van der Waals surface area contributed by atoms with Gasteiger partial charge >= 0.3 is 6.18 Å². The second-order valence-electron chi connectivity index (χ2n) is 7.32. The summed E-state index contributed by atoms with van der Waals surface area (Å²) in [6.45, 7) is 1.77. The van der Waals surface area contributed by atoms with Gasteiger partial charge < -0.3 is 15.5 Å². The van der Waals surface area contributed by atoms with Crippen molar-refractivity contribution in [2.75, 3.05) is 24.2 Å². The summed E-state index contributed by atoms with van der Waals surface area (Å²) in [7, 11) is 1.46. The molecule has 2 aromatic carbocycles. The maximum Gasteiger partial charge on any atom is 0.416 e. The second kappa shape index (κ2) is 9.64. The Hall–Kier alpha value is -3.01. The molecular weight excluding hydrogens is 443 g/mol. The minimum absolute atomic E-state index is 0.0702. The van der Waals surface area contributed by atoms with Gasteiger partial charge in [0, 0.05) is 24.1 Å². The van der Waals surface area contributed by atoms with Crippen LogP contribution in [0.15, 0.2) is 47.4 Å². The average Bonchev–Trinajstić information content (AvgIpc) is 2.73. The zero-order valence-electron chi connectivity index (χ0n) is 17.5. The number of thioether (sulfide) groups is 1. The Morgan fingerprint density at radius 1 is 1.19 bits per heavy atom. The molecule has 1 heterocycles. The van der Waals surface area contributed by atoms with Crippen molar-refractivity contribution in [3.05, 3.63) is 53.6 Å². The zero-order valence-corrected chi connectivity index (χ0v) is 18.3. The Labute approximate surface area is 187 Å². The molecule has 2 N–H and O–H groups in total. The number of nitrogens with one attached hydrogen (secondary N) is 2. The standard InChI is InChI=1S/C22H22F3N3O3S/c1-3-13-6-4-5-7-15(13)26-19(29)12-28(2)20(30)11-18-21(31)27-16-10-14(22(23,24)25)8-9-17(16)32-18/h4-10,18H,3,11-12H2,1-2H3,(H,26,29)(H,27,31)/t18-/m0/s1. The molecule has 0 radical (unpaired) electrons. The van der Waals surface area contributed by atoms with Crippen LogP contribution in [0.3, 0.4) is 0 Å². The number of aryl methyl sites for hydroxylation is 1. The van der Waals surface area contributed by atoms with Crippen molar-refractivity contribution in [1.82, 2.24) is 4.90 Å². The third-order valence-corrected chi connectivity index (χ3v) is 6.24. The van der Waals surface area contributed by atoms with E-state index in [0.717, 1.165) is 35.9 Å². The van der Waals surface area contributed by atoms with Gasteiger partial charge in [0.25, 0.3) is 0 Å². The molecule has 170 valence electrons. The summed E-state index contributed by atoms with van der Waals surface area (Å²) in [6.07, 6.45) is -3.96. The number of nitrogens with zero attached hydrogens (tertiary/aromatic N) is 1. The lowest BCUT2D eigenvalue weighted by Crippen LogP contribution is -2.39. The van der Waals surface area contributed by atoms with Crippen molar-refractivity contribution in [3.8, 4) is 0 Å². The Kier molecular flexibility index (Phi) is 7.12. The highest BCUT2D eigenvalue weighted by atomic mass is 32.2. The van der Waals surface area contributed by atoms with E-state index in [1.54, 1.807) is 12.1 Å². The predicted octanol–water partition coefficient (Wildman–Crippen LogP) is 4.17. The number of anilines is 2. The van der Waals surface area contributed by atoms with E-state index in [0.29, 0.717) is 10.6 Å². The first-order valence-electron chi connectivity index (χ1n) is 9.89. The van der Waals surface area contributed by atoms with Gasteiger partial charge in [-0.3, -0.25) is 14.4 Å². The van der Waals surface area contributed by atoms with Crippen molar-refractivity contribution in [1.29, 1.82) is 0 Å². The molecule has 0 spiro atoms. The lowest BCUT2D eigenvalue weighted by Gasteiger charge is -2.26. The summed E-state index contributed by atoms with van der Waals surface area (Å²) in [5, 5.41) is 4.42. The molecule has 2 aromatic rings. The first kappa shape index (κ1) is 23.6. The molecule has 1 aliphatic heterocycles. The quantitative estimate of drug-likeness (QED) is 0.671. The number of halogens is 3. The van der Waals surface area contributed by atoms with Crippen molar-refractivity contribution in [3.63, 3.8) is 0 Å². The van der Waals surface area contributed by atoms with Gasteiger partial charge in [0.15, 0.2) is 0 Å². The monoisotopic (exact) mass is 465 g/mol. The summed E-state index contributed by atoms with van der Waals surface area (Å²) in [4.78, 5) is 38.9. The van der Waals surface area contributed by atoms with Crippen LogP contribution < -0.4 is 10.6 Å². The van der Waals surface area contributed by atoms with Crippen LogP contribution in [0.4, 0.5) is 24.5 Å². The first-order chi connectivity index (χ1) is 15.1. The third kappa shape index (κ3) is 5.61. The van der Waals surface area contributed by atoms with Crippen molar-refractivity contribution in [2.24, 2.45) is 0 Å². The Bertz CT molecular complexity index is 1040. The maximum atomic E-state index is 12.9. The van der Waals surface area contributed by atoms with Gasteiger partial charge in [0.2, 0.25) is 17.7 Å². The fourth-order valence-corrected chi connectivity index (χ4v) is 4.30. The number of rotatable bonds is 6. The van der Waals surface area contributed by atoms with E-state index < -0.39 is 28.8 Å². The van der Waals surface area contributed by atoms with Crippen LogP contribution in [0, 0.1) is 0 Å². The van der Waals surface area contributed by atoms with Crippen LogP contribution >= 0.6 is 11.8 Å². The highest BCUT2D eigenvalue weighted by Gasteiger charge is 2.34. The number of carbonyl (C=O) groups excluding carboxylic acids is 3. The lowest BCUT2D eigenvalue weighted by molar-refractivity contribution is -0.137. The smallest absolute Gasteiger partial charge is 0.336 e. The Morgan fingerprint density at radius 3 is 2.59 bits per heavy atom. The summed E-state index contributed by atoms with van der Waals surface area (Å²) < 4.78 is 38.6. The fourth-order valence-electron chi connectivity index (χ4n) is 3.22. The van der Waals surface area contributed by atoms with Gasteiger partial charge in [-0.1, -0.05) is 25.1 Å². The normalized spacial score (nSPS) is 15.5. The van der Waals surface area contributed by atoms with Gasteiger partial charge in [0.1, 0.15) is 0 Å². The van der Waals surface area contributed by atoms with Crippen molar-refractivity contribution < 1.29 is 27.6 Å². The van der Waals surface area contributed by atoms with E-state index in [1.165, 1.54) is 18.0 Å². The summed E-state index contributed by atoms with van der Waals surface area (Å²) >= 11 is 1.03. The molecule has 32 heavy (non-hydrogen) atoms. The topological polar surface area (TPSA) is 78.5 Å². The van der Waals surface area contributed by atoms with Gasteiger partial charge in [-0.15, -0.1) is 11.8 Å². The van der Waals surface area contributed by atoms with Gasteiger partial charge in [0.05, 0.1) is 23.0 Å². The van der Waals surface area contributed by atoms with Crippen LogP contribution in [-0.4, -0.2) is 41.5 Å². The first-order valence-corrected chi connectivity index (χ1v) is 10.8. The lowest BCUT2D eigenvalue weighted by atomic mass is 10.1. The molecule has 10 heteroatoms. The van der Waals surface area contributed by atoms with Crippen LogP contribution in [0.5, 0.6) is 0 Å². The predicted molar refractivity (Wildman–Crippen MR) is 116 cm³/mol. The molecule has 0 saturated heterocycles. The largest absolute Gasteiger partial charge is 0.416 e. The highest BCUT2D eigenvalue weighted by Crippen LogP contribution is 2.40. The van der Waals surface area contributed by atoms with Gasteiger partial charge in [-0.05, 0) is 36.2 Å². The third-order valence-electron chi connectivity index (χ3n) is 4.97. The molecule has 0 aromatic heterocycles. The Balaban J connectivity index is 1.59. The van der Waals surface area contributed by atoms with Crippen molar-refractivity contribution in [2.45, 2.75) is 36.1 Å². The van der Waals surface area contributed by atoms with Crippen molar-refractivity contribution >= 4 is 40.9 Å². The SMILES string of the molecule is CCc1ccccc1NC(=O)CN(C)C(=O)C[C@@H]1Sc2ccc(C(F)(F)F)cc2NC1=O. The molecular formula is C22H22F3N3O3S. The molecule has 0 saturated carbocycles. The van der Waals surface area contributed by atoms with Crippen LogP contribution in [0.25, 0.3) is 0 Å². The molecule has 0 fully saturated rings. The van der Waals surface area contributed by atoms with Crippen LogP contribution in [-0.2, 0) is 27.0 Å². The number of amides is 3. The van der Waals surface area contributed by atoms with E-state index in [1.807, 2.05) is 19.1 Å². The molecule has 1 atom stereocenters. The van der Waals surface area contributed by atoms with Crippen LogP contribution in [0.1, 0.15) is 24.5 Å². The number of hydrogen-bond donors (Lipinski definition) is 2. The van der Waals surface area contributed by atoms with Gasteiger partial charge in [-0.25, -0.2) is 0 Å². The molecule has 0 unspecified atom stereocenters. The molecule has 1 aliphatic rings. The summed E-state index contributed by atoms with van der Waals surface area (Å²) in [5.74, 6) is -1.34. The summed E-state index contributed by atoms with van der Waals surface area (Å²) in [5.41, 5.74) is 0.860. The number of benzene rings is 2. The minimum Gasteiger partial charge on any atom is -0.336 e. The number of hydrogen-bond acceptors (Lipinski definition) is 4. The molecule has 3 rings (SSSR count). The minimum atomic E-state index is -4.52. The number of carbonyl (C=O) groups is 3. The second-order valence-corrected chi connectivity index (χ2v) is 8.56. The van der Waals surface area contributed by atoms with E-state index in [4.69, 9.17) is 0 Å². The fraction of sp³-hybridized carbons (Fsp3) is 0.318. The zero-order chi connectivity index (χ0) is 23.5. The number of alkyl halides is 3. The maximum absolute atomic E-state index is 12.9. The molecule has 6 nitrogen and oxygen atoms in total. The number of fused-ring (bicyclic) bond motifs is 1. The van der Waals surface area contributed by atoms with E-state index in [9.17, 15) is 27.6 Å². The average molecular weight is 465 g/mol. The van der Waals surface area contributed by atoms with Gasteiger partial charge in [-0.2, -0.15) is 13.2 Å². The number of para-hydroxylation sites is 1. The molecule has 0 aliphatic carbocycles. The molecule has 0 bridgehead atoms. The summed E-state index contributed by atoms with van der Waals surface area (Å²) in [6, 6.07) is 10.5. The Morgan fingerprint density at radius 2 is 1.91 bits per heavy atom. The molecule has 3 amide bonds.